The van der Waals surface area contributed by atoms with E-state index in [1.54, 1.807) is 0 Å². The van der Waals surface area contributed by atoms with Gasteiger partial charge in [0.2, 0.25) is 11.8 Å². The molecule has 2 N–H and O–H groups in total. The molecule has 0 radical (unpaired) electrons. The molecule has 5 heteroatoms. The van der Waals surface area contributed by atoms with E-state index in [1.807, 2.05) is 54.6 Å². The number of carbonyl (C=O) groups excluding carboxylic acids is 2. The van der Waals surface area contributed by atoms with Crippen LogP contribution in [-0.2, 0) is 22.4 Å². The van der Waals surface area contributed by atoms with E-state index in [0.29, 0.717) is 24.5 Å². The summed E-state index contributed by atoms with van der Waals surface area (Å²) < 4.78 is 0. The second kappa shape index (κ2) is 9.73. The monoisotopic (exact) mass is 344 g/mol. The van der Waals surface area contributed by atoms with Crippen molar-refractivity contribution in [3.63, 3.8) is 0 Å². The van der Waals surface area contributed by atoms with Crippen LogP contribution in [0.2, 0.25) is 5.02 Å². The minimum absolute atomic E-state index is 0.0722. The van der Waals surface area contributed by atoms with Crippen molar-refractivity contribution in [2.45, 2.75) is 19.3 Å². The van der Waals surface area contributed by atoms with E-state index in [4.69, 9.17) is 11.6 Å². The van der Waals surface area contributed by atoms with Gasteiger partial charge >= 0.3 is 0 Å². The Morgan fingerprint density at radius 2 is 1.54 bits per heavy atom. The highest BCUT2D eigenvalue weighted by Crippen LogP contribution is 2.10. The first-order chi connectivity index (χ1) is 11.6. The molecule has 2 amide bonds. The van der Waals surface area contributed by atoms with Crippen LogP contribution < -0.4 is 10.6 Å². The first kappa shape index (κ1) is 18.0. The van der Waals surface area contributed by atoms with Gasteiger partial charge in [0, 0.05) is 24.5 Å². The zero-order valence-corrected chi connectivity index (χ0v) is 14.2. The summed E-state index contributed by atoms with van der Waals surface area (Å²) in [6.07, 6.45) is 1.33. The van der Waals surface area contributed by atoms with Crippen LogP contribution in [0.1, 0.15) is 17.5 Å². The summed E-state index contributed by atoms with van der Waals surface area (Å²) in [5.41, 5.74) is 2.04. The summed E-state index contributed by atoms with van der Waals surface area (Å²) in [6, 6.07) is 17.1. The third-order valence-corrected chi connectivity index (χ3v) is 3.74. The minimum atomic E-state index is -0.0760. The molecule has 2 aromatic rings. The lowest BCUT2D eigenvalue weighted by molar-refractivity contribution is -0.122. The number of benzene rings is 2. The molecule has 0 atom stereocenters. The number of amides is 2. The second-order valence-corrected chi connectivity index (χ2v) is 5.93. The maximum atomic E-state index is 11.8. The van der Waals surface area contributed by atoms with Crippen molar-refractivity contribution in [3.8, 4) is 0 Å². The standard InChI is InChI=1S/C19H21ClN2O2/c20-17-8-4-7-16(13-17)9-11-21-18(23)10-12-22-19(24)14-15-5-2-1-3-6-15/h1-8,13H,9-12,14H2,(H,21,23)(H,22,24). The van der Waals surface area contributed by atoms with E-state index in [1.165, 1.54) is 0 Å². The van der Waals surface area contributed by atoms with Crippen LogP contribution in [-0.4, -0.2) is 24.9 Å². The average molecular weight is 345 g/mol. The van der Waals surface area contributed by atoms with Gasteiger partial charge in [-0.05, 0) is 29.7 Å². The van der Waals surface area contributed by atoms with Gasteiger partial charge in [0.1, 0.15) is 0 Å². The number of hydrogen-bond acceptors (Lipinski definition) is 2. The fourth-order valence-corrected chi connectivity index (χ4v) is 2.50. The highest BCUT2D eigenvalue weighted by molar-refractivity contribution is 6.30. The normalized spacial score (nSPS) is 10.2. The third kappa shape index (κ3) is 6.84. The molecule has 0 spiro atoms. The van der Waals surface area contributed by atoms with Crippen molar-refractivity contribution in [3.05, 3.63) is 70.7 Å². The van der Waals surface area contributed by atoms with E-state index in [-0.39, 0.29) is 18.2 Å². The van der Waals surface area contributed by atoms with E-state index < -0.39 is 0 Å². The predicted molar refractivity (Wildman–Crippen MR) is 95.9 cm³/mol. The van der Waals surface area contributed by atoms with Gasteiger partial charge in [-0.25, -0.2) is 0 Å². The predicted octanol–water partition coefficient (Wildman–Crippen LogP) is 2.75. The highest BCUT2D eigenvalue weighted by atomic mass is 35.5. The Labute approximate surface area is 147 Å². The molecule has 4 nitrogen and oxygen atoms in total. The van der Waals surface area contributed by atoms with Crippen LogP contribution in [0.25, 0.3) is 0 Å². The molecular formula is C19H21ClN2O2. The van der Waals surface area contributed by atoms with Crippen LogP contribution in [0, 0.1) is 0 Å². The van der Waals surface area contributed by atoms with E-state index >= 15 is 0 Å². The molecule has 0 bridgehead atoms. The van der Waals surface area contributed by atoms with Crippen LogP contribution in [0.15, 0.2) is 54.6 Å². The van der Waals surface area contributed by atoms with Crippen molar-refractivity contribution < 1.29 is 9.59 Å². The summed E-state index contributed by atoms with van der Waals surface area (Å²) in [5, 5.41) is 6.30. The molecule has 0 fully saturated rings. The average Bonchev–Trinajstić information content (AvgIpc) is 2.56. The largest absolute Gasteiger partial charge is 0.356 e. The molecule has 0 aliphatic carbocycles. The van der Waals surface area contributed by atoms with Crippen molar-refractivity contribution >= 4 is 23.4 Å². The second-order valence-electron chi connectivity index (χ2n) is 5.49. The SMILES string of the molecule is O=C(CCNC(=O)Cc1ccccc1)NCCc1cccc(Cl)c1. The van der Waals surface area contributed by atoms with Gasteiger partial charge in [-0.2, -0.15) is 0 Å². The Morgan fingerprint density at radius 3 is 2.29 bits per heavy atom. The van der Waals surface area contributed by atoms with Gasteiger partial charge in [-0.3, -0.25) is 9.59 Å². The minimum Gasteiger partial charge on any atom is -0.356 e. The molecular weight excluding hydrogens is 324 g/mol. The molecule has 0 unspecified atom stereocenters. The summed E-state index contributed by atoms with van der Waals surface area (Å²) in [5.74, 6) is -0.148. The fourth-order valence-electron chi connectivity index (χ4n) is 2.29. The molecule has 0 saturated carbocycles. The molecule has 24 heavy (non-hydrogen) atoms. The van der Waals surface area contributed by atoms with Crippen LogP contribution in [0.3, 0.4) is 0 Å². The summed E-state index contributed by atoms with van der Waals surface area (Å²) >= 11 is 5.91. The number of hydrogen-bond donors (Lipinski definition) is 2. The van der Waals surface area contributed by atoms with Gasteiger partial charge < -0.3 is 10.6 Å². The number of nitrogens with one attached hydrogen (secondary N) is 2. The zero-order chi connectivity index (χ0) is 17.2. The highest BCUT2D eigenvalue weighted by Gasteiger charge is 2.05. The van der Waals surface area contributed by atoms with Gasteiger partial charge in [0.25, 0.3) is 0 Å². The van der Waals surface area contributed by atoms with Crippen LogP contribution >= 0.6 is 11.6 Å². The lowest BCUT2D eigenvalue weighted by Gasteiger charge is -2.07. The molecule has 0 aliphatic rings. The van der Waals surface area contributed by atoms with Crippen molar-refractivity contribution in [2.75, 3.05) is 13.1 Å². The Hall–Kier alpha value is -2.33. The molecule has 126 valence electrons. The van der Waals surface area contributed by atoms with Crippen molar-refractivity contribution in [1.82, 2.24) is 10.6 Å². The van der Waals surface area contributed by atoms with E-state index in [9.17, 15) is 9.59 Å². The van der Waals surface area contributed by atoms with Crippen LogP contribution in [0.4, 0.5) is 0 Å². The fraction of sp³-hybridized carbons (Fsp3) is 0.263. The number of rotatable bonds is 8. The number of carbonyl (C=O) groups is 2. The molecule has 0 aliphatic heterocycles. The Morgan fingerprint density at radius 1 is 0.833 bits per heavy atom. The molecule has 2 aromatic carbocycles. The maximum Gasteiger partial charge on any atom is 0.224 e. The topological polar surface area (TPSA) is 58.2 Å². The number of halogens is 1. The molecule has 0 saturated heterocycles. The van der Waals surface area contributed by atoms with Gasteiger partial charge in [-0.1, -0.05) is 54.1 Å². The van der Waals surface area contributed by atoms with Crippen molar-refractivity contribution in [1.29, 1.82) is 0 Å². The lowest BCUT2D eigenvalue weighted by Crippen LogP contribution is -2.32. The van der Waals surface area contributed by atoms with E-state index in [2.05, 4.69) is 10.6 Å². The zero-order valence-electron chi connectivity index (χ0n) is 13.4. The Balaban J connectivity index is 1.58. The van der Waals surface area contributed by atoms with Gasteiger partial charge in [0.15, 0.2) is 0 Å². The van der Waals surface area contributed by atoms with E-state index in [0.717, 1.165) is 17.5 Å². The van der Waals surface area contributed by atoms with Gasteiger partial charge in [0.05, 0.1) is 6.42 Å². The molecule has 0 aromatic heterocycles. The first-order valence-electron chi connectivity index (χ1n) is 7.95. The lowest BCUT2D eigenvalue weighted by atomic mass is 10.1. The summed E-state index contributed by atoms with van der Waals surface area (Å²) in [4.78, 5) is 23.5. The maximum absolute atomic E-state index is 11.8. The van der Waals surface area contributed by atoms with Gasteiger partial charge in [-0.15, -0.1) is 0 Å². The molecule has 0 heterocycles. The Kier molecular flexibility index (Phi) is 7.30. The smallest absolute Gasteiger partial charge is 0.224 e. The van der Waals surface area contributed by atoms with Crippen molar-refractivity contribution in [2.24, 2.45) is 0 Å². The first-order valence-corrected chi connectivity index (χ1v) is 8.33. The Bertz CT molecular complexity index is 674. The molecule has 2 rings (SSSR count). The summed E-state index contributed by atoms with van der Waals surface area (Å²) in [6.45, 7) is 0.895. The quantitative estimate of drug-likeness (QED) is 0.773. The third-order valence-electron chi connectivity index (χ3n) is 3.51. The van der Waals surface area contributed by atoms with Crippen LogP contribution in [0.5, 0.6) is 0 Å². The summed E-state index contributed by atoms with van der Waals surface area (Å²) in [7, 11) is 0.